The maximum absolute atomic E-state index is 13.4. The second-order valence-electron chi connectivity index (χ2n) is 6.61. The minimum atomic E-state index is -0.957. The van der Waals surface area contributed by atoms with Crippen LogP contribution in [0.25, 0.3) is 11.0 Å². The van der Waals surface area contributed by atoms with Gasteiger partial charge in [-0.25, -0.2) is 4.98 Å². The molecule has 140 valence electrons. The highest BCUT2D eigenvalue weighted by atomic mass is 32.1. The van der Waals surface area contributed by atoms with Crippen LogP contribution in [0.2, 0.25) is 0 Å². The van der Waals surface area contributed by atoms with Gasteiger partial charge in [-0.1, -0.05) is 42.5 Å². The molecule has 3 N–H and O–H groups in total. The van der Waals surface area contributed by atoms with Crippen LogP contribution in [0.5, 0.6) is 0 Å². The lowest BCUT2D eigenvalue weighted by atomic mass is 10.0. The number of nitrogens with one attached hydrogen (secondary N) is 1. The number of likely N-dealkylation sites (tertiary alicyclic amines) is 1. The number of rotatable bonds is 3. The predicted octanol–water partition coefficient (Wildman–Crippen LogP) is 1.03. The lowest BCUT2D eigenvalue weighted by Crippen LogP contribution is -2.51. The molecule has 0 bridgehead atoms. The lowest BCUT2D eigenvalue weighted by Gasteiger charge is -2.36. The van der Waals surface area contributed by atoms with Crippen molar-refractivity contribution in [2.45, 2.75) is 24.7 Å². The third-order valence-electron chi connectivity index (χ3n) is 4.88. The molecule has 3 heterocycles. The SMILES string of the molecule is O=C(C(c1ccccc1)n1cnc2[nH]ncc2c1=S)N1CC[C@H](O)[C@H](O)C1. The van der Waals surface area contributed by atoms with E-state index in [4.69, 9.17) is 12.2 Å². The molecule has 1 aromatic carbocycles. The summed E-state index contributed by atoms with van der Waals surface area (Å²) in [4.78, 5) is 19.3. The van der Waals surface area contributed by atoms with Gasteiger partial charge < -0.3 is 19.7 Å². The Labute approximate surface area is 160 Å². The topological polar surface area (TPSA) is 107 Å². The minimum absolute atomic E-state index is 0.0814. The van der Waals surface area contributed by atoms with E-state index in [-0.39, 0.29) is 12.5 Å². The van der Waals surface area contributed by atoms with Crippen LogP contribution in [0.15, 0.2) is 42.9 Å². The van der Waals surface area contributed by atoms with Crippen molar-refractivity contribution in [3.63, 3.8) is 0 Å². The Hall–Kier alpha value is -2.62. The first-order valence-corrected chi connectivity index (χ1v) is 9.07. The van der Waals surface area contributed by atoms with Crippen LogP contribution in [-0.2, 0) is 4.79 Å². The summed E-state index contributed by atoms with van der Waals surface area (Å²) in [5, 5.41) is 27.1. The Morgan fingerprint density at radius 3 is 2.78 bits per heavy atom. The summed E-state index contributed by atoms with van der Waals surface area (Å²) in [5.41, 5.74) is 1.33. The Bertz CT molecular complexity index is 1020. The van der Waals surface area contributed by atoms with Gasteiger partial charge in [0, 0.05) is 13.1 Å². The molecule has 1 amide bonds. The van der Waals surface area contributed by atoms with Gasteiger partial charge in [0.15, 0.2) is 5.65 Å². The summed E-state index contributed by atoms with van der Waals surface area (Å²) in [6, 6.07) is 8.60. The Morgan fingerprint density at radius 2 is 2.04 bits per heavy atom. The van der Waals surface area contributed by atoms with Gasteiger partial charge in [-0.2, -0.15) is 5.10 Å². The number of β-amino-alcohol motifs (C(OH)–C–C–N with tert-alkyl or cyclic N) is 1. The normalized spacial score (nSPS) is 21.3. The monoisotopic (exact) mass is 385 g/mol. The molecule has 1 fully saturated rings. The van der Waals surface area contributed by atoms with Gasteiger partial charge in [0.05, 0.1) is 30.1 Å². The van der Waals surface area contributed by atoms with E-state index in [0.29, 0.717) is 28.6 Å². The number of carbonyl (C=O) groups is 1. The maximum atomic E-state index is 13.4. The number of aromatic nitrogens is 4. The zero-order chi connectivity index (χ0) is 19.0. The fraction of sp³-hybridized carbons (Fsp3) is 0.333. The van der Waals surface area contributed by atoms with Crippen LogP contribution in [0.1, 0.15) is 18.0 Å². The van der Waals surface area contributed by atoms with Crippen LogP contribution < -0.4 is 0 Å². The summed E-state index contributed by atoms with van der Waals surface area (Å²) in [5.74, 6) is -0.201. The van der Waals surface area contributed by atoms with Gasteiger partial charge in [-0.05, 0) is 12.0 Å². The molecule has 1 unspecified atom stereocenters. The smallest absolute Gasteiger partial charge is 0.250 e. The zero-order valence-electron chi connectivity index (χ0n) is 14.4. The van der Waals surface area contributed by atoms with E-state index in [0.717, 1.165) is 5.56 Å². The Kier molecular flexibility index (Phi) is 4.73. The second-order valence-corrected chi connectivity index (χ2v) is 7.00. The number of hydrogen-bond donors (Lipinski definition) is 3. The lowest BCUT2D eigenvalue weighted by molar-refractivity contribution is -0.140. The highest BCUT2D eigenvalue weighted by molar-refractivity contribution is 7.71. The molecule has 0 aliphatic carbocycles. The molecule has 9 heteroatoms. The minimum Gasteiger partial charge on any atom is -0.390 e. The third kappa shape index (κ3) is 3.25. The van der Waals surface area contributed by atoms with Crippen molar-refractivity contribution in [3.05, 3.63) is 53.1 Å². The summed E-state index contributed by atoms with van der Waals surface area (Å²) in [7, 11) is 0. The van der Waals surface area contributed by atoms with E-state index < -0.39 is 18.2 Å². The average molecular weight is 385 g/mol. The van der Waals surface area contributed by atoms with Gasteiger partial charge in [0.2, 0.25) is 5.91 Å². The first-order chi connectivity index (χ1) is 13.1. The van der Waals surface area contributed by atoms with Crippen molar-refractivity contribution in [1.82, 2.24) is 24.6 Å². The van der Waals surface area contributed by atoms with Gasteiger partial charge in [0.25, 0.3) is 0 Å². The second kappa shape index (κ2) is 7.18. The zero-order valence-corrected chi connectivity index (χ0v) is 15.2. The largest absolute Gasteiger partial charge is 0.390 e. The molecular weight excluding hydrogens is 366 g/mol. The van der Waals surface area contributed by atoms with E-state index in [1.807, 2.05) is 30.3 Å². The van der Waals surface area contributed by atoms with E-state index in [9.17, 15) is 15.0 Å². The standard InChI is InChI=1S/C18H19N5O3S/c24-13-6-7-22(9-14(13)25)17(26)15(11-4-2-1-3-5-11)23-10-19-16-12(18(23)27)8-20-21-16/h1-5,8,10,13-15,24-25H,6-7,9H2,(H,20,21)/t13-,14+,15?/m0/s1. The van der Waals surface area contributed by atoms with Crippen molar-refractivity contribution in [1.29, 1.82) is 0 Å². The number of benzene rings is 1. The van der Waals surface area contributed by atoms with Crippen LogP contribution >= 0.6 is 12.2 Å². The molecule has 1 aliphatic rings. The van der Waals surface area contributed by atoms with Crippen molar-refractivity contribution >= 4 is 29.2 Å². The van der Waals surface area contributed by atoms with Gasteiger partial charge in [-0.15, -0.1) is 0 Å². The number of carbonyl (C=O) groups excluding carboxylic acids is 1. The van der Waals surface area contributed by atoms with E-state index >= 15 is 0 Å². The predicted molar refractivity (Wildman–Crippen MR) is 101 cm³/mol. The molecule has 1 aliphatic heterocycles. The molecule has 4 rings (SSSR count). The maximum Gasteiger partial charge on any atom is 0.250 e. The molecule has 2 aromatic heterocycles. The molecule has 27 heavy (non-hydrogen) atoms. The van der Waals surface area contributed by atoms with Crippen LogP contribution in [0.3, 0.4) is 0 Å². The third-order valence-corrected chi connectivity index (χ3v) is 5.31. The van der Waals surface area contributed by atoms with Crippen molar-refractivity contribution in [2.24, 2.45) is 0 Å². The van der Waals surface area contributed by atoms with Crippen molar-refractivity contribution < 1.29 is 15.0 Å². The number of piperidine rings is 1. The van der Waals surface area contributed by atoms with Crippen LogP contribution in [-0.4, -0.2) is 66.1 Å². The number of aromatic amines is 1. The van der Waals surface area contributed by atoms with Crippen LogP contribution in [0.4, 0.5) is 0 Å². The van der Waals surface area contributed by atoms with Crippen LogP contribution in [0, 0.1) is 4.64 Å². The number of aliphatic hydroxyl groups is 2. The molecule has 3 aromatic rings. The molecule has 0 saturated carbocycles. The molecule has 8 nitrogen and oxygen atoms in total. The van der Waals surface area contributed by atoms with E-state index in [1.54, 1.807) is 15.7 Å². The number of amides is 1. The summed E-state index contributed by atoms with van der Waals surface area (Å²) in [6.45, 7) is 0.452. The number of fused-ring (bicyclic) bond motifs is 1. The quantitative estimate of drug-likeness (QED) is 0.582. The number of H-pyrrole nitrogens is 1. The molecular formula is C18H19N5O3S. The summed E-state index contributed by atoms with van der Waals surface area (Å²) < 4.78 is 2.11. The van der Waals surface area contributed by atoms with Gasteiger partial charge in [-0.3, -0.25) is 9.89 Å². The Morgan fingerprint density at radius 1 is 1.26 bits per heavy atom. The summed E-state index contributed by atoms with van der Waals surface area (Å²) >= 11 is 5.59. The van der Waals surface area contributed by atoms with E-state index in [1.165, 1.54) is 6.33 Å². The summed E-state index contributed by atoms with van der Waals surface area (Å²) in [6.07, 6.45) is 1.69. The number of aliphatic hydroxyl groups excluding tert-OH is 2. The fourth-order valence-electron chi connectivity index (χ4n) is 3.38. The van der Waals surface area contributed by atoms with Gasteiger partial charge >= 0.3 is 0 Å². The van der Waals surface area contributed by atoms with Crippen molar-refractivity contribution in [3.8, 4) is 0 Å². The number of hydrogen-bond acceptors (Lipinski definition) is 6. The fourth-order valence-corrected chi connectivity index (χ4v) is 3.68. The Balaban J connectivity index is 1.79. The first kappa shape index (κ1) is 17.8. The van der Waals surface area contributed by atoms with Gasteiger partial charge in [0.1, 0.15) is 10.7 Å². The molecule has 3 atom stereocenters. The highest BCUT2D eigenvalue weighted by Gasteiger charge is 2.34. The average Bonchev–Trinajstić information content (AvgIpc) is 3.16. The highest BCUT2D eigenvalue weighted by Crippen LogP contribution is 2.25. The van der Waals surface area contributed by atoms with E-state index in [2.05, 4.69) is 15.2 Å². The van der Waals surface area contributed by atoms with Crippen molar-refractivity contribution in [2.75, 3.05) is 13.1 Å². The molecule has 1 saturated heterocycles. The molecule has 0 spiro atoms. The molecule has 0 radical (unpaired) electrons. The number of nitrogens with zero attached hydrogens (tertiary/aromatic N) is 4. The first-order valence-electron chi connectivity index (χ1n) is 8.66.